The Morgan fingerprint density at radius 2 is 2.04 bits per heavy atom. The summed E-state index contributed by atoms with van der Waals surface area (Å²) in [6, 6.07) is 2.03. The molecule has 24 heavy (non-hydrogen) atoms. The quantitative estimate of drug-likeness (QED) is 0.841. The van der Waals surface area contributed by atoms with E-state index in [0.717, 1.165) is 40.4 Å². The summed E-state index contributed by atoms with van der Waals surface area (Å²) < 4.78 is 1.84. The van der Waals surface area contributed by atoms with E-state index in [0.29, 0.717) is 19.5 Å². The zero-order valence-corrected chi connectivity index (χ0v) is 15.0. The van der Waals surface area contributed by atoms with Crippen LogP contribution in [0.2, 0.25) is 0 Å². The molecule has 1 amide bonds. The van der Waals surface area contributed by atoms with Gasteiger partial charge >= 0.3 is 0 Å². The highest BCUT2D eigenvalue weighted by molar-refractivity contribution is 5.79. The maximum absolute atomic E-state index is 12.8. The summed E-state index contributed by atoms with van der Waals surface area (Å²) in [7, 11) is 5.79. The van der Waals surface area contributed by atoms with Gasteiger partial charge in [-0.3, -0.25) is 9.48 Å². The molecule has 0 unspecified atom stereocenters. The maximum Gasteiger partial charge on any atom is 0.227 e. The Hall–Kier alpha value is -2.44. The molecule has 0 spiro atoms. The highest BCUT2D eigenvalue weighted by atomic mass is 16.2. The monoisotopic (exact) mass is 328 g/mol. The summed E-state index contributed by atoms with van der Waals surface area (Å²) in [6.07, 6.45) is 1.16. The number of carbonyl (C=O) groups is 1. The van der Waals surface area contributed by atoms with E-state index in [9.17, 15) is 4.79 Å². The molecule has 7 heteroatoms. The van der Waals surface area contributed by atoms with Gasteiger partial charge in [0.2, 0.25) is 5.91 Å². The summed E-state index contributed by atoms with van der Waals surface area (Å²) in [4.78, 5) is 16.6. The van der Waals surface area contributed by atoms with E-state index in [-0.39, 0.29) is 5.91 Å². The molecule has 0 saturated carbocycles. The largest absolute Gasteiger partial charge is 0.361 e. The smallest absolute Gasteiger partial charge is 0.227 e. The molecule has 3 rings (SSSR count). The molecule has 0 aliphatic carbocycles. The Morgan fingerprint density at radius 1 is 1.29 bits per heavy atom. The van der Waals surface area contributed by atoms with Gasteiger partial charge in [0.05, 0.1) is 17.8 Å². The van der Waals surface area contributed by atoms with Crippen molar-refractivity contribution in [1.29, 1.82) is 0 Å². The zero-order valence-electron chi connectivity index (χ0n) is 15.0. The molecule has 1 aliphatic heterocycles. The number of aromatic nitrogens is 4. The molecule has 0 aromatic carbocycles. The molecule has 0 saturated heterocycles. The second-order valence-electron chi connectivity index (χ2n) is 6.58. The summed E-state index contributed by atoms with van der Waals surface area (Å²) in [5, 5.41) is 12.9. The van der Waals surface area contributed by atoms with Crippen LogP contribution in [0.3, 0.4) is 0 Å². The van der Waals surface area contributed by atoms with Gasteiger partial charge in [0.25, 0.3) is 0 Å². The van der Waals surface area contributed by atoms with Gasteiger partial charge in [0.1, 0.15) is 0 Å². The third-order valence-electron chi connectivity index (χ3n) is 4.72. The molecule has 2 aromatic rings. The van der Waals surface area contributed by atoms with Crippen molar-refractivity contribution < 1.29 is 4.79 Å². The topological polar surface area (TPSA) is 67.2 Å². The summed E-state index contributed by atoms with van der Waals surface area (Å²) in [6.45, 7) is 5.26. The van der Waals surface area contributed by atoms with Gasteiger partial charge in [-0.15, -0.1) is 5.10 Å². The van der Waals surface area contributed by atoms with Crippen LogP contribution in [0.5, 0.6) is 0 Å². The van der Waals surface area contributed by atoms with E-state index >= 15 is 0 Å². The first-order chi connectivity index (χ1) is 11.4. The molecule has 0 N–H and O–H groups in total. The van der Waals surface area contributed by atoms with Crippen LogP contribution in [0.15, 0.2) is 6.07 Å². The molecule has 2 aromatic heterocycles. The Bertz CT molecular complexity index is 780. The van der Waals surface area contributed by atoms with Crippen LogP contribution in [0, 0.1) is 13.8 Å². The molecule has 7 nitrogen and oxygen atoms in total. The minimum absolute atomic E-state index is 0.142. The fraction of sp³-hybridized carbons (Fsp3) is 0.529. The number of carbonyl (C=O) groups excluding carboxylic acids is 1. The Morgan fingerprint density at radius 3 is 2.67 bits per heavy atom. The molecular formula is C17H24N6O. The minimum atomic E-state index is 0.142. The molecule has 0 fully saturated rings. The molecule has 1 aliphatic rings. The number of hydrogen-bond donors (Lipinski definition) is 0. The number of rotatable bonds is 3. The molecule has 3 heterocycles. The van der Waals surface area contributed by atoms with Crippen LogP contribution in [-0.2, 0) is 31.2 Å². The number of aryl methyl sites for hydroxylation is 2. The van der Waals surface area contributed by atoms with Crippen LogP contribution >= 0.6 is 0 Å². The molecule has 128 valence electrons. The second kappa shape index (κ2) is 6.22. The van der Waals surface area contributed by atoms with Gasteiger partial charge in [0.15, 0.2) is 5.82 Å². The van der Waals surface area contributed by atoms with E-state index in [1.54, 1.807) is 0 Å². The number of nitrogens with zero attached hydrogens (tertiary/aromatic N) is 6. The zero-order chi connectivity index (χ0) is 17.4. The molecule has 0 radical (unpaired) electrons. The average molecular weight is 328 g/mol. The molecular weight excluding hydrogens is 304 g/mol. The first kappa shape index (κ1) is 16.4. The Labute approximate surface area is 142 Å². The minimum Gasteiger partial charge on any atom is -0.361 e. The van der Waals surface area contributed by atoms with Crippen molar-refractivity contribution in [3.63, 3.8) is 0 Å². The first-order valence-corrected chi connectivity index (χ1v) is 8.16. The highest BCUT2D eigenvalue weighted by Gasteiger charge is 2.24. The maximum atomic E-state index is 12.8. The van der Waals surface area contributed by atoms with Crippen molar-refractivity contribution >= 4 is 11.7 Å². The van der Waals surface area contributed by atoms with E-state index in [2.05, 4.69) is 15.3 Å². The van der Waals surface area contributed by atoms with E-state index in [4.69, 9.17) is 0 Å². The Kier molecular flexibility index (Phi) is 4.26. The number of amides is 1. The van der Waals surface area contributed by atoms with Crippen molar-refractivity contribution in [3.8, 4) is 0 Å². The van der Waals surface area contributed by atoms with Crippen LogP contribution in [0.25, 0.3) is 0 Å². The number of fused-ring (bicyclic) bond motifs is 1. The lowest BCUT2D eigenvalue weighted by atomic mass is 10.0. The van der Waals surface area contributed by atoms with Gasteiger partial charge < -0.3 is 9.80 Å². The van der Waals surface area contributed by atoms with Crippen molar-refractivity contribution in [3.05, 3.63) is 34.3 Å². The van der Waals surface area contributed by atoms with E-state index < -0.39 is 0 Å². The van der Waals surface area contributed by atoms with Gasteiger partial charge in [-0.1, -0.05) is 0 Å². The van der Waals surface area contributed by atoms with Gasteiger partial charge in [-0.05, 0) is 25.5 Å². The molecule has 0 atom stereocenters. The fourth-order valence-electron chi connectivity index (χ4n) is 3.08. The fourth-order valence-corrected chi connectivity index (χ4v) is 3.08. The van der Waals surface area contributed by atoms with Gasteiger partial charge in [-0.25, -0.2) is 0 Å². The van der Waals surface area contributed by atoms with Crippen LogP contribution in [0.1, 0.15) is 28.2 Å². The number of hydrogen-bond acceptors (Lipinski definition) is 5. The second-order valence-corrected chi connectivity index (χ2v) is 6.58. The van der Waals surface area contributed by atoms with Gasteiger partial charge in [-0.2, -0.15) is 10.2 Å². The average Bonchev–Trinajstić information content (AvgIpc) is 2.80. The first-order valence-electron chi connectivity index (χ1n) is 8.16. The summed E-state index contributed by atoms with van der Waals surface area (Å²) in [5.74, 6) is 0.963. The standard InChI is InChI=1S/C17H24N6O/c1-11-14(12(2)22(5)20-11)9-17(24)23-7-6-15-13(10-23)8-16(19-18-15)21(3)4/h8H,6-7,9-10H2,1-5H3. The van der Waals surface area contributed by atoms with Crippen LogP contribution in [0.4, 0.5) is 5.82 Å². The normalized spacial score (nSPS) is 13.8. The lowest BCUT2D eigenvalue weighted by Gasteiger charge is -2.28. The number of anilines is 1. The van der Waals surface area contributed by atoms with Gasteiger partial charge in [0, 0.05) is 51.9 Å². The lowest BCUT2D eigenvalue weighted by Crippen LogP contribution is -2.37. The van der Waals surface area contributed by atoms with E-state index in [1.165, 1.54) is 0 Å². The van der Waals surface area contributed by atoms with Crippen molar-refractivity contribution in [2.75, 3.05) is 25.5 Å². The van der Waals surface area contributed by atoms with E-state index in [1.807, 2.05) is 55.5 Å². The van der Waals surface area contributed by atoms with Crippen LogP contribution < -0.4 is 4.90 Å². The Balaban J connectivity index is 1.77. The SMILES string of the molecule is Cc1nn(C)c(C)c1CC(=O)N1CCc2nnc(N(C)C)cc2C1. The third-order valence-corrected chi connectivity index (χ3v) is 4.72. The van der Waals surface area contributed by atoms with Crippen LogP contribution in [-0.4, -0.2) is 51.4 Å². The third kappa shape index (κ3) is 2.98. The highest BCUT2D eigenvalue weighted by Crippen LogP contribution is 2.21. The lowest BCUT2D eigenvalue weighted by molar-refractivity contribution is -0.131. The predicted octanol–water partition coefficient (Wildman–Crippen LogP) is 1.02. The summed E-state index contributed by atoms with van der Waals surface area (Å²) in [5.41, 5.74) is 5.11. The molecule has 0 bridgehead atoms. The van der Waals surface area contributed by atoms with Crippen molar-refractivity contribution in [2.24, 2.45) is 7.05 Å². The van der Waals surface area contributed by atoms with Crippen molar-refractivity contribution in [1.82, 2.24) is 24.9 Å². The predicted molar refractivity (Wildman–Crippen MR) is 91.9 cm³/mol. The van der Waals surface area contributed by atoms with Crippen molar-refractivity contribution in [2.45, 2.75) is 33.2 Å². The summed E-state index contributed by atoms with van der Waals surface area (Å²) >= 11 is 0.